The maximum absolute atomic E-state index is 12.6. The van der Waals surface area contributed by atoms with Crippen LogP contribution >= 0.6 is 11.8 Å². The number of hydrogen-bond donors (Lipinski definition) is 5. The summed E-state index contributed by atoms with van der Waals surface area (Å²) in [5.41, 5.74) is 5.12. The Labute approximate surface area is 280 Å². The molecule has 0 saturated heterocycles. The maximum atomic E-state index is 12.6. The number of thioether (sulfide) groups is 1. The molecule has 2 aliphatic rings. The number of carbonyl (C=O) groups excluding carboxylic acids is 1. The van der Waals surface area contributed by atoms with Crippen LogP contribution < -0.4 is 4.74 Å². The van der Waals surface area contributed by atoms with Crippen LogP contribution in [-0.2, 0) is 21.7 Å². The van der Waals surface area contributed by atoms with E-state index < -0.39 is 36.6 Å². The molecule has 4 unspecified atom stereocenters. The third-order valence-electron chi connectivity index (χ3n) is 8.85. The highest BCUT2D eigenvalue weighted by molar-refractivity contribution is 7.99. The van der Waals surface area contributed by atoms with Crippen LogP contribution in [0.1, 0.15) is 55.2 Å². The van der Waals surface area contributed by atoms with Crippen LogP contribution in [0.3, 0.4) is 0 Å². The largest absolute Gasteiger partial charge is 0.490 e. The normalized spacial score (nSPS) is 17.9. The van der Waals surface area contributed by atoms with Crippen molar-refractivity contribution in [2.45, 2.75) is 93.1 Å². The van der Waals surface area contributed by atoms with Crippen molar-refractivity contribution < 1.29 is 39.8 Å². The average molecular weight is 667 g/mol. The molecule has 11 heteroatoms. The Hall–Kier alpha value is -3.03. The van der Waals surface area contributed by atoms with Gasteiger partial charge in [-0.05, 0) is 85.7 Å². The minimum atomic E-state index is -1.73. The van der Waals surface area contributed by atoms with Gasteiger partial charge in [0.25, 0.3) is 0 Å². The molecule has 0 aliphatic heterocycles. The summed E-state index contributed by atoms with van der Waals surface area (Å²) in [5.74, 6) is 1.40. The molecule has 5 N–H and O–H groups in total. The van der Waals surface area contributed by atoms with Gasteiger partial charge in [-0.15, -0.1) is 11.8 Å². The standard InChI is InChI=1S/C36H46N2O8S/c1-23-9-12-26(47-17-5-8-33(42)38(2)20-30(40)34(43)35(44)31(41)21-39)18-24(23)22-45-36(14-15-36)29-19-37-16-13-27(29)28-6-3-4-7-32(28)46-25-10-11-25/h3-4,6-7,9,12-13,16,18-19,25,30-31,34-35,39-41,43-44H,5,8,10-11,14-15,17,20-22H2,1-2H3. The van der Waals surface area contributed by atoms with E-state index in [2.05, 4.69) is 42.2 Å². The SMILES string of the molecule is Cc1ccc(SCCCC(=O)N(C)CC(O)C(O)C(O)C(O)CO)cc1COC1(c2cnccc2-c2ccccc2OC2CC2)CC1. The van der Waals surface area contributed by atoms with Gasteiger partial charge in [0.05, 0.1) is 24.9 Å². The van der Waals surface area contributed by atoms with Gasteiger partial charge in [0, 0.05) is 48.4 Å². The van der Waals surface area contributed by atoms with Gasteiger partial charge in [-0.25, -0.2) is 0 Å². The van der Waals surface area contributed by atoms with E-state index in [9.17, 15) is 25.2 Å². The molecule has 2 fully saturated rings. The number of nitrogens with zero attached hydrogens (tertiary/aromatic N) is 2. The highest BCUT2D eigenvalue weighted by atomic mass is 32.2. The van der Waals surface area contributed by atoms with Crippen LogP contribution in [0.5, 0.6) is 5.75 Å². The number of para-hydroxylation sites is 1. The second-order valence-electron chi connectivity index (χ2n) is 12.6. The molecule has 0 radical (unpaired) electrons. The highest BCUT2D eigenvalue weighted by Gasteiger charge is 2.47. The van der Waals surface area contributed by atoms with Gasteiger partial charge in [-0.1, -0.05) is 24.3 Å². The Bertz CT molecular complexity index is 1500. The van der Waals surface area contributed by atoms with Gasteiger partial charge in [0.15, 0.2) is 0 Å². The maximum Gasteiger partial charge on any atom is 0.222 e. The number of likely N-dealkylation sites (N-methyl/N-ethyl adjacent to an activating group) is 1. The number of hydrogen-bond acceptors (Lipinski definition) is 10. The van der Waals surface area contributed by atoms with E-state index in [4.69, 9.17) is 14.6 Å². The van der Waals surface area contributed by atoms with Crippen molar-refractivity contribution in [2.24, 2.45) is 0 Å². The first-order valence-electron chi connectivity index (χ1n) is 16.3. The molecular formula is C36H46N2O8S. The number of aromatic nitrogens is 1. The minimum Gasteiger partial charge on any atom is -0.490 e. The highest BCUT2D eigenvalue weighted by Crippen LogP contribution is 2.53. The average Bonchev–Trinajstić information content (AvgIpc) is 4.03. The van der Waals surface area contributed by atoms with Crippen LogP contribution in [0.15, 0.2) is 65.8 Å². The second kappa shape index (κ2) is 15.9. The first-order valence-corrected chi connectivity index (χ1v) is 17.2. The summed E-state index contributed by atoms with van der Waals surface area (Å²) < 4.78 is 12.9. The lowest BCUT2D eigenvalue weighted by molar-refractivity contribution is -0.138. The molecular weight excluding hydrogens is 620 g/mol. The zero-order valence-corrected chi connectivity index (χ0v) is 27.8. The minimum absolute atomic E-state index is 0.210. The fraction of sp³-hybridized carbons (Fsp3) is 0.500. The van der Waals surface area contributed by atoms with Gasteiger partial charge in [0.2, 0.25) is 5.91 Å². The molecule has 254 valence electrons. The van der Waals surface area contributed by atoms with E-state index in [1.165, 1.54) is 11.9 Å². The molecule has 47 heavy (non-hydrogen) atoms. The van der Waals surface area contributed by atoms with E-state index >= 15 is 0 Å². The molecule has 3 aromatic rings. The molecule has 4 atom stereocenters. The van der Waals surface area contributed by atoms with Crippen LogP contribution in [0, 0.1) is 6.92 Å². The number of benzene rings is 2. The topological polar surface area (TPSA) is 153 Å². The Morgan fingerprint density at radius 1 is 1.04 bits per heavy atom. The lowest BCUT2D eigenvalue weighted by Crippen LogP contribution is -2.49. The third kappa shape index (κ3) is 9.11. The Morgan fingerprint density at radius 2 is 1.79 bits per heavy atom. The van der Waals surface area contributed by atoms with Crippen molar-refractivity contribution in [1.82, 2.24) is 9.88 Å². The Balaban J connectivity index is 1.13. The van der Waals surface area contributed by atoms with Crippen LogP contribution in [0.2, 0.25) is 0 Å². The number of amides is 1. The summed E-state index contributed by atoms with van der Waals surface area (Å²) >= 11 is 1.66. The quantitative estimate of drug-likeness (QED) is 0.101. The molecule has 0 spiro atoms. The zero-order chi connectivity index (χ0) is 33.6. The number of carbonyl (C=O) groups is 1. The number of ether oxygens (including phenoxy) is 2. The summed E-state index contributed by atoms with van der Waals surface area (Å²) in [6.07, 6.45) is 2.48. The molecule has 1 heterocycles. The van der Waals surface area contributed by atoms with Crippen LogP contribution in [0.25, 0.3) is 11.1 Å². The summed E-state index contributed by atoms with van der Waals surface area (Å²) in [4.78, 5) is 19.4. The van der Waals surface area contributed by atoms with Gasteiger partial charge in [-0.2, -0.15) is 0 Å². The number of aliphatic hydroxyl groups excluding tert-OH is 5. The van der Waals surface area contributed by atoms with E-state index in [1.807, 2.05) is 30.6 Å². The molecule has 2 aromatic carbocycles. The first-order chi connectivity index (χ1) is 22.6. The van der Waals surface area contributed by atoms with E-state index in [1.54, 1.807) is 11.8 Å². The molecule has 2 aliphatic carbocycles. The molecule has 10 nitrogen and oxygen atoms in total. The molecule has 5 rings (SSSR count). The molecule has 2 saturated carbocycles. The monoisotopic (exact) mass is 666 g/mol. The number of aryl methyl sites for hydroxylation is 1. The Morgan fingerprint density at radius 3 is 2.51 bits per heavy atom. The first kappa shape index (κ1) is 35.3. The van der Waals surface area contributed by atoms with Crippen molar-refractivity contribution in [3.8, 4) is 16.9 Å². The van der Waals surface area contributed by atoms with Crippen molar-refractivity contribution in [2.75, 3.05) is 26.0 Å². The smallest absolute Gasteiger partial charge is 0.222 e. The predicted octanol–water partition coefficient (Wildman–Crippen LogP) is 3.57. The summed E-state index contributed by atoms with van der Waals surface area (Å²) in [6, 6.07) is 16.6. The third-order valence-corrected chi connectivity index (χ3v) is 9.93. The molecule has 1 amide bonds. The van der Waals surface area contributed by atoms with Crippen molar-refractivity contribution in [3.63, 3.8) is 0 Å². The summed E-state index contributed by atoms with van der Waals surface area (Å²) in [5, 5.41) is 48.4. The lowest BCUT2D eigenvalue weighted by Gasteiger charge is -2.28. The summed E-state index contributed by atoms with van der Waals surface area (Å²) in [6.45, 7) is 1.58. The van der Waals surface area contributed by atoms with Crippen molar-refractivity contribution >= 4 is 17.7 Å². The van der Waals surface area contributed by atoms with E-state index in [0.717, 1.165) is 64.1 Å². The lowest BCUT2D eigenvalue weighted by atomic mass is 9.96. The van der Waals surface area contributed by atoms with Gasteiger partial charge in [0.1, 0.15) is 30.2 Å². The second-order valence-corrected chi connectivity index (χ2v) is 13.8. The van der Waals surface area contributed by atoms with E-state index in [0.29, 0.717) is 24.9 Å². The fourth-order valence-corrected chi connectivity index (χ4v) is 6.44. The van der Waals surface area contributed by atoms with Gasteiger partial charge < -0.3 is 39.9 Å². The van der Waals surface area contributed by atoms with Crippen molar-refractivity contribution in [3.05, 3.63) is 77.6 Å². The summed E-state index contributed by atoms with van der Waals surface area (Å²) in [7, 11) is 1.51. The van der Waals surface area contributed by atoms with Gasteiger partial charge >= 0.3 is 0 Å². The number of rotatable bonds is 18. The van der Waals surface area contributed by atoms with E-state index in [-0.39, 0.29) is 18.9 Å². The van der Waals surface area contributed by atoms with Crippen LogP contribution in [-0.4, -0.2) is 97.8 Å². The van der Waals surface area contributed by atoms with Crippen LogP contribution in [0.4, 0.5) is 0 Å². The molecule has 1 aromatic heterocycles. The number of aliphatic hydroxyl groups is 5. The predicted molar refractivity (Wildman–Crippen MR) is 179 cm³/mol. The number of pyridine rings is 1. The van der Waals surface area contributed by atoms with Crippen molar-refractivity contribution in [1.29, 1.82) is 0 Å². The Kier molecular flexibility index (Phi) is 11.9. The molecule has 0 bridgehead atoms. The zero-order valence-electron chi connectivity index (χ0n) is 27.0. The van der Waals surface area contributed by atoms with Gasteiger partial charge in [-0.3, -0.25) is 9.78 Å². The fourth-order valence-electron chi connectivity index (χ4n) is 5.52.